The van der Waals surface area contributed by atoms with Crippen LogP contribution in [0, 0.1) is 12.8 Å². The van der Waals surface area contributed by atoms with Crippen molar-refractivity contribution >= 4 is 28.6 Å². The lowest BCUT2D eigenvalue weighted by Gasteiger charge is -2.34. The van der Waals surface area contributed by atoms with Gasteiger partial charge in [-0.15, -0.1) is 22.7 Å². The number of aryl methyl sites for hydroxylation is 1. The first-order valence-electron chi connectivity index (χ1n) is 9.17. The predicted octanol–water partition coefficient (Wildman–Crippen LogP) is 4.77. The molecule has 1 unspecified atom stereocenters. The lowest BCUT2D eigenvalue weighted by atomic mass is 9.87. The molecule has 1 fully saturated rings. The number of amides is 1. The number of aromatic nitrogens is 1. The molecule has 6 heteroatoms. The van der Waals surface area contributed by atoms with Crippen LogP contribution in [0.1, 0.15) is 39.9 Å². The number of rotatable bonds is 4. The van der Waals surface area contributed by atoms with E-state index in [2.05, 4.69) is 4.98 Å². The van der Waals surface area contributed by atoms with Gasteiger partial charge < -0.3 is 10.0 Å². The standard InChI is InChI=1S/C21H22N2O2S2/c1-14-19(27-20(22-14)17-8-5-13-26-17)21(25)23-11-9-16(10-12-23)18(24)15-6-3-2-4-7-15/h2-8,13,16,18,24H,9-12H2,1H3. The maximum atomic E-state index is 13.0. The molecule has 0 aliphatic carbocycles. The number of nitrogens with zero attached hydrogens (tertiary/aromatic N) is 2. The summed E-state index contributed by atoms with van der Waals surface area (Å²) < 4.78 is 0. The predicted molar refractivity (Wildman–Crippen MR) is 110 cm³/mol. The van der Waals surface area contributed by atoms with Crippen LogP contribution in [0.15, 0.2) is 47.8 Å². The second-order valence-electron chi connectivity index (χ2n) is 6.90. The van der Waals surface area contributed by atoms with Crippen molar-refractivity contribution in [2.75, 3.05) is 13.1 Å². The molecule has 1 aromatic carbocycles. The van der Waals surface area contributed by atoms with E-state index in [9.17, 15) is 9.90 Å². The Morgan fingerprint density at radius 3 is 2.59 bits per heavy atom. The SMILES string of the molecule is Cc1nc(-c2cccs2)sc1C(=O)N1CCC(C(O)c2ccccc2)CC1. The topological polar surface area (TPSA) is 53.4 Å². The molecular formula is C21H22N2O2S2. The zero-order valence-corrected chi connectivity index (χ0v) is 16.8. The highest BCUT2D eigenvalue weighted by atomic mass is 32.1. The Bertz CT molecular complexity index is 898. The maximum Gasteiger partial charge on any atom is 0.265 e. The Hall–Kier alpha value is -2.02. The number of thiophene rings is 1. The Kier molecular flexibility index (Phi) is 5.38. The molecule has 1 N–H and O–H groups in total. The summed E-state index contributed by atoms with van der Waals surface area (Å²) in [6.07, 6.45) is 1.17. The molecular weight excluding hydrogens is 376 g/mol. The average Bonchev–Trinajstić information content (AvgIpc) is 3.37. The average molecular weight is 399 g/mol. The number of hydrogen-bond acceptors (Lipinski definition) is 5. The van der Waals surface area contributed by atoms with Crippen LogP contribution in [0.25, 0.3) is 9.88 Å². The molecule has 4 nitrogen and oxygen atoms in total. The fourth-order valence-corrected chi connectivity index (χ4v) is 5.42. The van der Waals surface area contributed by atoms with Crippen LogP contribution in [0.3, 0.4) is 0 Å². The van der Waals surface area contributed by atoms with Gasteiger partial charge in [0.1, 0.15) is 9.88 Å². The van der Waals surface area contributed by atoms with Gasteiger partial charge in [-0.2, -0.15) is 0 Å². The molecule has 1 aliphatic heterocycles. The van der Waals surface area contributed by atoms with Crippen molar-refractivity contribution in [2.45, 2.75) is 25.9 Å². The minimum Gasteiger partial charge on any atom is -0.388 e. The fraction of sp³-hybridized carbons (Fsp3) is 0.333. The lowest BCUT2D eigenvalue weighted by Crippen LogP contribution is -2.39. The van der Waals surface area contributed by atoms with Gasteiger partial charge in [0.15, 0.2) is 0 Å². The summed E-state index contributed by atoms with van der Waals surface area (Å²) in [7, 11) is 0. The number of thiazole rings is 1. The number of likely N-dealkylation sites (tertiary alicyclic amines) is 1. The number of carbonyl (C=O) groups is 1. The minimum atomic E-state index is -0.459. The van der Waals surface area contributed by atoms with Crippen molar-refractivity contribution in [3.05, 3.63) is 64.0 Å². The Labute approximate surface area is 167 Å². The largest absolute Gasteiger partial charge is 0.388 e. The van der Waals surface area contributed by atoms with Crippen LogP contribution in [0.4, 0.5) is 0 Å². The van der Waals surface area contributed by atoms with Gasteiger partial charge in [0, 0.05) is 13.1 Å². The molecule has 1 aliphatic rings. The van der Waals surface area contributed by atoms with E-state index in [-0.39, 0.29) is 11.8 Å². The van der Waals surface area contributed by atoms with Crippen LogP contribution in [0.5, 0.6) is 0 Å². The molecule has 1 atom stereocenters. The van der Waals surface area contributed by atoms with Gasteiger partial charge >= 0.3 is 0 Å². The van der Waals surface area contributed by atoms with Crippen molar-refractivity contribution in [1.82, 2.24) is 9.88 Å². The molecule has 0 saturated carbocycles. The van der Waals surface area contributed by atoms with E-state index in [1.54, 1.807) is 11.3 Å². The van der Waals surface area contributed by atoms with E-state index in [0.717, 1.165) is 38.9 Å². The Morgan fingerprint density at radius 1 is 1.19 bits per heavy atom. The summed E-state index contributed by atoms with van der Waals surface area (Å²) in [5.41, 5.74) is 1.76. The quantitative estimate of drug-likeness (QED) is 0.689. The Balaban J connectivity index is 1.42. The molecule has 4 rings (SSSR count). The van der Waals surface area contributed by atoms with Crippen molar-refractivity contribution in [1.29, 1.82) is 0 Å². The first kappa shape index (κ1) is 18.3. The molecule has 0 radical (unpaired) electrons. The number of aliphatic hydroxyl groups excluding tert-OH is 1. The molecule has 0 bridgehead atoms. The zero-order chi connectivity index (χ0) is 18.8. The monoisotopic (exact) mass is 398 g/mol. The lowest BCUT2D eigenvalue weighted by molar-refractivity contribution is 0.0465. The zero-order valence-electron chi connectivity index (χ0n) is 15.2. The van der Waals surface area contributed by atoms with Gasteiger partial charge in [-0.1, -0.05) is 36.4 Å². The third-order valence-electron chi connectivity index (χ3n) is 5.14. The first-order valence-corrected chi connectivity index (χ1v) is 10.9. The van der Waals surface area contributed by atoms with Crippen LogP contribution in [-0.2, 0) is 0 Å². The van der Waals surface area contributed by atoms with Gasteiger partial charge in [-0.05, 0) is 42.7 Å². The fourth-order valence-electron chi connectivity index (χ4n) is 3.58. The van der Waals surface area contributed by atoms with E-state index >= 15 is 0 Å². The van der Waals surface area contributed by atoms with Gasteiger partial charge in [-0.25, -0.2) is 4.98 Å². The second kappa shape index (κ2) is 7.92. The first-order chi connectivity index (χ1) is 13.1. The molecule has 1 amide bonds. The van der Waals surface area contributed by atoms with Crippen molar-refractivity contribution in [3.8, 4) is 9.88 Å². The van der Waals surface area contributed by atoms with Gasteiger partial charge in [0.05, 0.1) is 16.7 Å². The minimum absolute atomic E-state index is 0.0699. The molecule has 0 spiro atoms. The van der Waals surface area contributed by atoms with Crippen LogP contribution in [-0.4, -0.2) is 34.0 Å². The number of aliphatic hydroxyl groups is 1. The van der Waals surface area contributed by atoms with Gasteiger partial charge in [0.2, 0.25) is 0 Å². The molecule has 3 aromatic rings. The van der Waals surface area contributed by atoms with Crippen LogP contribution < -0.4 is 0 Å². The van der Waals surface area contributed by atoms with E-state index in [1.165, 1.54) is 11.3 Å². The van der Waals surface area contributed by atoms with Crippen LogP contribution in [0.2, 0.25) is 0 Å². The smallest absolute Gasteiger partial charge is 0.265 e. The summed E-state index contributed by atoms with van der Waals surface area (Å²) in [4.78, 5) is 21.3. The Morgan fingerprint density at radius 2 is 1.93 bits per heavy atom. The molecule has 3 heterocycles. The maximum absolute atomic E-state index is 13.0. The highest BCUT2D eigenvalue weighted by Gasteiger charge is 2.30. The number of piperidine rings is 1. The summed E-state index contributed by atoms with van der Waals surface area (Å²) in [6, 6.07) is 13.8. The molecule has 2 aromatic heterocycles. The molecule has 140 valence electrons. The third kappa shape index (κ3) is 3.83. The number of hydrogen-bond donors (Lipinski definition) is 1. The summed E-state index contributed by atoms with van der Waals surface area (Å²) in [5.74, 6) is 0.265. The molecule has 1 saturated heterocycles. The van der Waals surface area contributed by atoms with Crippen molar-refractivity contribution in [3.63, 3.8) is 0 Å². The van der Waals surface area contributed by atoms with Gasteiger partial charge in [-0.3, -0.25) is 4.79 Å². The molecule has 27 heavy (non-hydrogen) atoms. The second-order valence-corrected chi connectivity index (χ2v) is 8.84. The summed E-state index contributed by atoms with van der Waals surface area (Å²) >= 11 is 3.12. The van der Waals surface area contributed by atoms with Crippen molar-refractivity contribution < 1.29 is 9.90 Å². The highest BCUT2D eigenvalue weighted by Crippen LogP contribution is 2.34. The van der Waals surface area contributed by atoms with Crippen molar-refractivity contribution in [2.24, 2.45) is 5.92 Å². The summed E-state index contributed by atoms with van der Waals surface area (Å²) in [6.45, 7) is 3.27. The third-order valence-corrected chi connectivity index (χ3v) is 7.32. The van der Waals surface area contributed by atoms with E-state index in [0.29, 0.717) is 13.1 Å². The number of benzene rings is 1. The van der Waals surface area contributed by atoms with Gasteiger partial charge in [0.25, 0.3) is 5.91 Å². The number of carbonyl (C=O) groups excluding carboxylic acids is 1. The van der Waals surface area contributed by atoms with E-state index in [4.69, 9.17) is 0 Å². The normalized spacial score (nSPS) is 16.4. The van der Waals surface area contributed by atoms with Crippen LogP contribution >= 0.6 is 22.7 Å². The highest BCUT2D eigenvalue weighted by molar-refractivity contribution is 7.22. The van der Waals surface area contributed by atoms with E-state index < -0.39 is 6.10 Å². The van der Waals surface area contributed by atoms with E-state index in [1.807, 2.05) is 59.7 Å². The summed E-state index contributed by atoms with van der Waals surface area (Å²) in [5, 5.41) is 13.6.